The molecule has 25 heavy (non-hydrogen) atoms. The van der Waals surface area contributed by atoms with Gasteiger partial charge in [-0.2, -0.15) is 13.2 Å². The largest absolute Gasteiger partial charge is 0.419 e. The summed E-state index contributed by atoms with van der Waals surface area (Å²) in [6, 6.07) is 3.29. The molecular weight excluding hydrogens is 353 g/mol. The average molecular weight is 373 g/mol. The maximum Gasteiger partial charge on any atom is 0.419 e. The van der Waals surface area contributed by atoms with Crippen molar-refractivity contribution in [1.29, 1.82) is 0 Å². The van der Waals surface area contributed by atoms with Crippen LogP contribution in [-0.2, 0) is 6.18 Å². The van der Waals surface area contributed by atoms with E-state index < -0.39 is 22.8 Å². The molecule has 0 heterocycles. The molecule has 0 aliphatic heterocycles. The van der Waals surface area contributed by atoms with E-state index >= 15 is 0 Å². The molecule has 4 fully saturated rings. The third kappa shape index (κ3) is 3.21. The Labute approximate surface area is 149 Å². The number of carbonyl (C=O) groups is 1. The van der Waals surface area contributed by atoms with E-state index in [2.05, 4.69) is 10.6 Å². The fourth-order valence-electron chi connectivity index (χ4n) is 5.39. The molecule has 0 radical (unpaired) electrons. The van der Waals surface area contributed by atoms with Crippen LogP contribution in [0.2, 0.25) is 5.02 Å². The normalized spacial score (nSPS) is 33.4. The number of hydrogen-bond donors (Lipinski definition) is 2. The van der Waals surface area contributed by atoms with Gasteiger partial charge in [0.05, 0.1) is 16.3 Å². The minimum atomic E-state index is -4.62. The molecular formula is C18H20ClF3N2O. The lowest BCUT2D eigenvalue weighted by Gasteiger charge is -2.54. The second kappa shape index (κ2) is 6.08. The van der Waals surface area contributed by atoms with Gasteiger partial charge in [0.2, 0.25) is 0 Å². The van der Waals surface area contributed by atoms with Crippen LogP contribution < -0.4 is 10.6 Å². The van der Waals surface area contributed by atoms with Crippen molar-refractivity contribution >= 4 is 23.3 Å². The van der Waals surface area contributed by atoms with E-state index in [9.17, 15) is 18.0 Å². The van der Waals surface area contributed by atoms with Crippen LogP contribution in [0.25, 0.3) is 0 Å². The predicted octanol–water partition coefficient (Wildman–Crippen LogP) is 5.31. The van der Waals surface area contributed by atoms with Gasteiger partial charge in [-0.15, -0.1) is 0 Å². The van der Waals surface area contributed by atoms with Crippen molar-refractivity contribution in [3.05, 3.63) is 28.8 Å². The van der Waals surface area contributed by atoms with E-state index in [0.717, 1.165) is 37.5 Å². The molecule has 3 nitrogen and oxygen atoms in total. The maximum atomic E-state index is 13.2. The molecule has 4 saturated carbocycles. The Bertz CT molecular complexity index is 663. The third-order valence-electron chi connectivity index (χ3n) is 6.07. The molecule has 7 heteroatoms. The molecule has 1 aromatic carbocycles. The fourth-order valence-corrected chi connectivity index (χ4v) is 5.67. The van der Waals surface area contributed by atoms with E-state index in [1.807, 2.05) is 0 Å². The van der Waals surface area contributed by atoms with E-state index in [-0.39, 0.29) is 11.7 Å². The number of carbonyl (C=O) groups excluding carboxylic acids is 1. The summed E-state index contributed by atoms with van der Waals surface area (Å²) in [7, 11) is 0. The lowest BCUT2D eigenvalue weighted by molar-refractivity contribution is -0.136. The predicted molar refractivity (Wildman–Crippen MR) is 89.4 cm³/mol. The van der Waals surface area contributed by atoms with Crippen molar-refractivity contribution in [2.75, 3.05) is 5.32 Å². The van der Waals surface area contributed by atoms with Crippen molar-refractivity contribution in [2.24, 2.45) is 23.7 Å². The zero-order valence-electron chi connectivity index (χ0n) is 13.6. The van der Waals surface area contributed by atoms with Gasteiger partial charge in [0.15, 0.2) is 0 Å². The quantitative estimate of drug-likeness (QED) is 0.726. The van der Waals surface area contributed by atoms with Crippen LogP contribution in [0.4, 0.5) is 23.7 Å². The zero-order valence-corrected chi connectivity index (χ0v) is 14.3. The third-order valence-corrected chi connectivity index (χ3v) is 6.38. The van der Waals surface area contributed by atoms with Gasteiger partial charge in [0.25, 0.3) is 0 Å². The molecule has 4 aliphatic rings. The van der Waals surface area contributed by atoms with Gasteiger partial charge in [0, 0.05) is 6.04 Å². The number of hydrogen-bond acceptors (Lipinski definition) is 1. The molecule has 0 saturated heterocycles. The van der Waals surface area contributed by atoms with E-state index in [1.54, 1.807) is 0 Å². The first-order valence-corrected chi connectivity index (χ1v) is 9.12. The molecule has 0 atom stereocenters. The first kappa shape index (κ1) is 17.0. The maximum absolute atomic E-state index is 13.2. The van der Waals surface area contributed by atoms with Crippen molar-refractivity contribution < 1.29 is 18.0 Å². The summed E-state index contributed by atoms with van der Waals surface area (Å²) in [5.74, 6) is 2.47. The molecule has 5 rings (SSSR count). The molecule has 1 aromatic rings. The van der Waals surface area contributed by atoms with Gasteiger partial charge in [-0.1, -0.05) is 17.7 Å². The van der Waals surface area contributed by atoms with Crippen molar-refractivity contribution in [3.8, 4) is 0 Å². The highest BCUT2D eigenvalue weighted by Gasteiger charge is 2.48. The molecule has 0 unspecified atom stereocenters. The van der Waals surface area contributed by atoms with Gasteiger partial charge in [-0.05, 0) is 67.9 Å². The summed E-state index contributed by atoms with van der Waals surface area (Å²) in [5, 5.41) is 4.89. The summed E-state index contributed by atoms with van der Waals surface area (Å²) >= 11 is 5.70. The summed E-state index contributed by atoms with van der Waals surface area (Å²) in [4.78, 5) is 12.4. The SMILES string of the molecule is O=C(Nc1cccc(Cl)c1C(F)(F)F)NC1C2CC3CC(C2)CC1C3. The number of amides is 2. The Morgan fingerprint density at radius 3 is 2.20 bits per heavy atom. The lowest BCUT2D eigenvalue weighted by atomic mass is 9.54. The minimum absolute atomic E-state index is 0.0707. The van der Waals surface area contributed by atoms with Crippen molar-refractivity contribution in [2.45, 2.75) is 44.3 Å². The molecule has 0 spiro atoms. The molecule has 4 aliphatic carbocycles. The number of alkyl halides is 3. The summed E-state index contributed by atoms with van der Waals surface area (Å²) < 4.78 is 39.6. The Morgan fingerprint density at radius 1 is 1.04 bits per heavy atom. The summed E-state index contributed by atoms with van der Waals surface area (Å²) in [6.07, 6.45) is 1.20. The monoisotopic (exact) mass is 372 g/mol. The van der Waals surface area contributed by atoms with Crippen LogP contribution >= 0.6 is 11.6 Å². The molecule has 0 aromatic heterocycles. The number of urea groups is 1. The van der Waals surface area contributed by atoms with Crippen LogP contribution in [0.15, 0.2) is 18.2 Å². The highest BCUT2D eigenvalue weighted by molar-refractivity contribution is 6.32. The molecule has 2 N–H and O–H groups in total. The number of halogens is 4. The first-order valence-electron chi connectivity index (χ1n) is 8.74. The summed E-state index contributed by atoms with van der Waals surface area (Å²) in [6.45, 7) is 0. The smallest absolute Gasteiger partial charge is 0.335 e. The molecule has 136 valence electrons. The van der Waals surface area contributed by atoms with Gasteiger partial charge in [-0.25, -0.2) is 4.79 Å². The number of anilines is 1. The second-order valence-corrected chi connectivity index (χ2v) is 8.12. The van der Waals surface area contributed by atoms with Gasteiger partial charge in [-0.3, -0.25) is 0 Å². The second-order valence-electron chi connectivity index (χ2n) is 7.72. The van der Waals surface area contributed by atoms with Crippen molar-refractivity contribution in [3.63, 3.8) is 0 Å². The van der Waals surface area contributed by atoms with Crippen LogP contribution in [-0.4, -0.2) is 12.1 Å². The standard InChI is InChI=1S/C18H20ClF3N2O/c19-13-2-1-3-14(15(13)18(20,21)22)23-17(25)24-16-11-5-9-4-10(7-11)8-12(16)6-9/h1-3,9-12,16H,4-8H2,(H2,23,24,25). The van der Waals surface area contributed by atoms with Gasteiger partial charge < -0.3 is 10.6 Å². The molecule has 2 amide bonds. The summed E-state index contributed by atoms with van der Waals surface area (Å²) in [5.41, 5.74) is -1.31. The van der Waals surface area contributed by atoms with Crippen LogP contribution in [0.1, 0.15) is 37.7 Å². The lowest BCUT2D eigenvalue weighted by Crippen LogP contribution is -2.56. The Hall–Kier alpha value is -1.43. The topological polar surface area (TPSA) is 41.1 Å². The highest BCUT2D eigenvalue weighted by Crippen LogP contribution is 2.53. The number of benzene rings is 1. The molecule has 4 bridgehead atoms. The number of rotatable bonds is 2. The zero-order chi connectivity index (χ0) is 17.8. The van der Waals surface area contributed by atoms with E-state index in [4.69, 9.17) is 11.6 Å². The van der Waals surface area contributed by atoms with E-state index in [0.29, 0.717) is 11.8 Å². The van der Waals surface area contributed by atoms with Gasteiger partial charge in [0.1, 0.15) is 0 Å². The Morgan fingerprint density at radius 2 is 1.64 bits per heavy atom. The van der Waals surface area contributed by atoms with Crippen LogP contribution in [0, 0.1) is 23.7 Å². The number of nitrogens with one attached hydrogen (secondary N) is 2. The first-order chi connectivity index (χ1) is 11.8. The Balaban J connectivity index is 1.48. The average Bonchev–Trinajstić information content (AvgIpc) is 2.49. The van der Waals surface area contributed by atoms with Crippen LogP contribution in [0.5, 0.6) is 0 Å². The van der Waals surface area contributed by atoms with E-state index in [1.165, 1.54) is 24.6 Å². The van der Waals surface area contributed by atoms with Gasteiger partial charge >= 0.3 is 12.2 Å². The van der Waals surface area contributed by atoms with Crippen molar-refractivity contribution in [1.82, 2.24) is 5.32 Å². The Kier molecular flexibility index (Phi) is 4.13. The highest BCUT2D eigenvalue weighted by atomic mass is 35.5. The fraction of sp³-hybridized carbons (Fsp3) is 0.611. The minimum Gasteiger partial charge on any atom is -0.335 e. The van der Waals surface area contributed by atoms with Crippen LogP contribution in [0.3, 0.4) is 0 Å².